The van der Waals surface area contributed by atoms with E-state index in [2.05, 4.69) is 66.6 Å². The van der Waals surface area contributed by atoms with E-state index in [1.165, 1.54) is 33.5 Å². The van der Waals surface area contributed by atoms with Crippen molar-refractivity contribution in [3.63, 3.8) is 0 Å². The highest BCUT2D eigenvalue weighted by atomic mass is 32.1. The van der Waals surface area contributed by atoms with Gasteiger partial charge >= 0.3 is 0 Å². The van der Waals surface area contributed by atoms with Crippen molar-refractivity contribution < 1.29 is 0 Å². The van der Waals surface area contributed by atoms with Gasteiger partial charge in [0.2, 0.25) is 0 Å². The predicted molar refractivity (Wildman–Crippen MR) is 90.0 cm³/mol. The van der Waals surface area contributed by atoms with E-state index in [-0.39, 0.29) is 0 Å². The molecule has 2 heteroatoms. The minimum Gasteiger partial charge on any atom is -0.361 e. The van der Waals surface area contributed by atoms with Crippen LogP contribution < -0.4 is 0 Å². The quantitative estimate of drug-likeness (QED) is 0.651. The third-order valence-electron chi connectivity index (χ3n) is 3.66. The summed E-state index contributed by atoms with van der Waals surface area (Å²) in [7, 11) is 0. The zero-order chi connectivity index (χ0) is 13.9. The molecule has 0 aliphatic carbocycles. The average Bonchev–Trinajstić information content (AvgIpc) is 2.91. The highest BCUT2D eigenvalue weighted by Gasteiger charge is 2.13. The second-order valence-corrected chi connectivity index (χ2v) is 5.28. The van der Waals surface area contributed by atoms with Gasteiger partial charge in [0.15, 0.2) is 0 Å². The van der Waals surface area contributed by atoms with Gasteiger partial charge in [-0.15, -0.1) is 0 Å². The summed E-state index contributed by atoms with van der Waals surface area (Å²) >= 11 is 5.00. The van der Waals surface area contributed by atoms with E-state index in [1.54, 1.807) is 5.37 Å². The maximum Gasteiger partial charge on any atom is 0.0460 e. The molecule has 1 radical (unpaired) electrons. The predicted octanol–water partition coefficient (Wildman–Crippen LogP) is 5.17. The topological polar surface area (TPSA) is 15.8 Å². The van der Waals surface area contributed by atoms with E-state index in [9.17, 15) is 0 Å². The summed E-state index contributed by atoms with van der Waals surface area (Å²) in [6, 6.07) is 16.9. The molecule has 0 atom stereocenters. The number of para-hydroxylation sites is 1. The van der Waals surface area contributed by atoms with Crippen molar-refractivity contribution >= 4 is 28.5 Å². The zero-order valence-corrected chi connectivity index (χ0v) is 12.2. The molecule has 0 saturated carbocycles. The van der Waals surface area contributed by atoms with Crippen LogP contribution in [0.25, 0.3) is 22.0 Å². The first kappa shape index (κ1) is 13.1. The van der Waals surface area contributed by atoms with Gasteiger partial charge < -0.3 is 4.98 Å². The number of fused-ring (bicyclic) bond motifs is 1. The highest BCUT2D eigenvalue weighted by molar-refractivity contribution is 7.79. The standard InChI is InChI=1S/C18H16NS/c1-13(10-11-20)14-6-2-3-7-15(14)17-12-19-18-9-5-4-8-16(17)18/h2-9,11-12,19H,10H2,1H3. The molecule has 3 aromatic rings. The second kappa shape index (κ2) is 5.59. The maximum absolute atomic E-state index is 5.00. The van der Waals surface area contributed by atoms with Crippen LogP contribution in [0.3, 0.4) is 0 Å². The lowest BCUT2D eigenvalue weighted by molar-refractivity contribution is 1.09. The minimum atomic E-state index is 0.842. The fourth-order valence-corrected chi connectivity index (χ4v) is 2.87. The molecule has 99 valence electrons. The van der Waals surface area contributed by atoms with Gasteiger partial charge in [-0.25, -0.2) is 0 Å². The normalized spacial score (nSPS) is 11.1. The molecular formula is C18H16NS. The van der Waals surface area contributed by atoms with Gasteiger partial charge in [-0.1, -0.05) is 61.6 Å². The monoisotopic (exact) mass is 278 g/mol. The number of aromatic nitrogens is 1. The van der Waals surface area contributed by atoms with Crippen molar-refractivity contribution in [1.29, 1.82) is 0 Å². The van der Waals surface area contributed by atoms with Crippen molar-refractivity contribution in [3.8, 4) is 11.1 Å². The van der Waals surface area contributed by atoms with E-state index in [4.69, 9.17) is 12.2 Å². The van der Waals surface area contributed by atoms with Crippen LogP contribution in [0.2, 0.25) is 0 Å². The molecule has 0 amide bonds. The van der Waals surface area contributed by atoms with Gasteiger partial charge in [0, 0.05) is 28.6 Å². The Kier molecular flexibility index (Phi) is 3.66. The molecule has 0 unspecified atom stereocenters. The number of H-pyrrole nitrogens is 1. The number of rotatable bonds is 4. The molecule has 0 aliphatic heterocycles. The van der Waals surface area contributed by atoms with Gasteiger partial charge in [0.05, 0.1) is 0 Å². The van der Waals surface area contributed by atoms with Crippen molar-refractivity contribution in [2.45, 2.75) is 13.3 Å². The number of hydrogen-bond acceptors (Lipinski definition) is 1. The first-order chi connectivity index (χ1) is 9.81. The summed E-state index contributed by atoms with van der Waals surface area (Å²) in [6.45, 7) is 2.15. The van der Waals surface area contributed by atoms with Crippen molar-refractivity contribution in [1.82, 2.24) is 4.98 Å². The summed E-state index contributed by atoms with van der Waals surface area (Å²) < 4.78 is 0. The zero-order valence-electron chi connectivity index (χ0n) is 11.4. The maximum atomic E-state index is 5.00. The summed E-state index contributed by atoms with van der Waals surface area (Å²) in [6.07, 6.45) is 2.93. The molecule has 2 aromatic carbocycles. The third-order valence-corrected chi connectivity index (χ3v) is 3.82. The van der Waals surface area contributed by atoms with Gasteiger partial charge in [-0.05, 0) is 29.0 Å². The number of hydrogen-bond donors (Lipinski definition) is 1. The van der Waals surface area contributed by atoms with Gasteiger partial charge in [-0.3, -0.25) is 0 Å². The lowest BCUT2D eigenvalue weighted by Gasteiger charge is -2.14. The fourth-order valence-electron chi connectivity index (χ4n) is 2.62. The minimum absolute atomic E-state index is 0.842. The fraction of sp³-hybridized carbons (Fsp3) is 0.111. The molecule has 0 spiro atoms. The van der Waals surface area contributed by atoms with Gasteiger partial charge in [-0.2, -0.15) is 0 Å². The SMILES string of the molecule is C[C](CC=S)c1ccccc1-c1c[nH]c2ccccc12. The van der Waals surface area contributed by atoms with E-state index in [0.29, 0.717) is 0 Å². The Labute approximate surface area is 124 Å². The average molecular weight is 278 g/mol. The number of nitrogens with one attached hydrogen (secondary N) is 1. The summed E-state index contributed by atoms with van der Waals surface area (Å²) in [4.78, 5) is 3.35. The Hall–Kier alpha value is -1.93. The van der Waals surface area contributed by atoms with Gasteiger partial charge in [0.1, 0.15) is 0 Å². The molecule has 0 aliphatic rings. The largest absolute Gasteiger partial charge is 0.361 e. The first-order valence-corrected chi connectivity index (χ1v) is 7.20. The Morgan fingerprint density at radius 3 is 2.65 bits per heavy atom. The molecule has 0 bridgehead atoms. The Bertz CT molecular complexity index is 742. The molecule has 3 rings (SSSR count). The van der Waals surface area contributed by atoms with Crippen LogP contribution in [-0.4, -0.2) is 10.4 Å². The number of benzene rings is 2. The summed E-state index contributed by atoms with van der Waals surface area (Å²) in [5.74, 6) is 1.31. The molecule has 1 heterocycles. The molecule has 1 N–H and O–H groups in total. The molecule has 20 heavy (non-hydrogen) atoms. The Balaban J connectivity index is 2.17. The Morgan fingerprint density at radius 1 is 1.05 bits per heavy atom. The van der Waals surface area contributed by atoms with E-state index in [1.807, 2.05) is 0 Å². The summed E-state index contributed by atoms with van der Waals surface area (Å²) in [5.41, 5.74) is 4.96. The van der Waals surface area contributed by atoms with E-state index >= 15 is 0 Å². The smallest absolute Gasteiger partial charge is 0.0460 e. The van der Waals surface area contributed by atoms with Crippen molar-refractivity contribution in [3.05, 3.63) is 66.2 Å². The third kappa shape index (κ3) is 2.27. The van der Waals surface area contributed by atoms with Crippen molar-refractivity contribution in [2.75, 3.05) is 0 Å². The molecule has 1 nitrogen and oxygen atoms in total. The lowest BCUT2D eigenvalue weighted by Crippen LogP contribution is -1.97. The molecule has 0 saturated heterocycles. The number of thiocarbonyl (C=S) groups is 1. The van der Waals surface area contributed by atoms with Crippen molar-refractivity contribution in [2.24, 2.45) is 0 Å². The van der Waals surface area contributed by atoms with Crippen LogP contribution in [0.1, 0.15) is 18.9 Å². The van der Waals surface area contributed by atoms with E-state index in [0.717, 1.165) is 6.42 Å². The summed E-state index contributed by atoms with van der Waals surface area (Å²) in [5, 5.41) is 3.05. The number of aromatic amines is 1. The van der Waals surface area contributed by atoms with Crippen LogP contribution in [0, 0.1) is 5.92 Å². The highest BCUT2D eigenvalue weighted by Crippen LogP contribution is 2.34. The molecule has 0 fully saturated rings. The second-order valence-electron chi connectivity index (χ2n) is 4.94. The van der Waals surface area contributed by atoms with Gasteiger partial charge in [0.25, 0.3) is 0 Å². The van der Waals surface area contributed by atoms with Crippen LogP contribution >= 0.6 is 12.2 Å². The van der Waals surface area contributed by atoms with Crippen LogP contribution in [0.15, 0.2) is 54.7 Å². The molecular weight excluding hydrogens is 262 g/mol. The van der Waals surface area contributed by atoms with Crippen LogP contribution in [0.4, 0.5) is 0 Å². The first-order valence-electron chi connectivity index (χ1n) is 6.73. The van der Waals surface area contributed by atoms with Crippen LogP contribution in [0.5, 0.6) is 0 Å². The lowest BCUT2D eigenvalue weighted by atomic mass is 9.90. The van der Waals surface area contributed by atoms with E-state index < -0.39 is 0 Å². The Morgan fingerprint density at radius 2 is 1.80 bits per heavy atom. The van der Waals surface area contributed by atoms with Crippen LogP contribution in [-0.2, 0) is 0 Å². The molecule has 1 aromatic heterocycles.